The third-order valence-corrected chi connectivity index (χ3v) is 5.07. The first-order valence-electron chi connectivity index (χ1n) is 9.11. The maximum Gasteiger partial charge on any atom is 0.417 e. The van der Waals surface area contributed by atoms with Crippen molar-refractivity contribution in [2.75, 3.05) is 13.1 Å². The number of nitrogens with one attached hydrogen (secondary N) is 1. The van der Waals surface area contributed by atoms with Crippen molar-refractivity contribution in [3.63, 3.8) is 0 Å². The first-order chi connectivity index (χ1) is 12.8. The second kappa shape index (κ2) is 7.93. The smallest absolute Gasteiger partial charge is 0.366 e. The molecule has 0 spiro atoms. The molecule has 9 heteroatoms. The molecule has 28 heavy (non-hydrogen) atoms. The number of hydrogen-bond acceptors (Lipinski definition) is 2. The number of carbonyl (C=O) groups excluding carboxylic acids is 1. The zero-order valence-electron chi connectivity index (χ0n) is 15.9. The largest absolute Gasteiger partial charge is 0.417 e. The van der Waals surface area contributed by atoms with E-state index in [4.69, 9.17) is 5.73 Å². The van der Waals surface area contributed by atoms with Crippen LogP contribution in [0.1, 0.15) is 70.8 Å². The van der Waals surface area contributed by atoms with Gasteiger partial charge in [0.15, 0.2) is 0 Å². The predicted molar refractivity (Wildman–Crippen MR) is 93.1 cm³/mol. The third-order valence-electron chi connectivity index (χ3n) is 5.07. The number of benzene rings is 1. The van der Waals surface area contributed by atoms with Crippen LogP contribution in [0.5, 0.6) is 0 Å². The van der Waals surface area contributed by atoms with E-state index in [0.29, 0.717) is 25.9 Å². The van der Waals surface area contributed by atoms with Crippen LogP contribution in [0.4, 0.5) is 26.3 Å². The van der Waals surface area contributed by atoms with E-state index in [1.165, 1.54) is 0 Å². The monoisotopic (exact) mass is 410 g/mol. The maximum absolute atomic E-state index is 14.0. The van der Waals surface area contributed by atoms with Gasteiger partial charge in [-0.3, -0.25) is 4.79 Å². The second-order valence-corrected chi connectivity index (χ2v) is 7.62. The molecule has 1 aromatic rings. The van der Waals surface area contributed by atoms with Crippen molar-refractivity contribution in [2.45, 2.75) is 58.3 Å². The van der Waals surface area contributed by atoms with Gasteiger partial charge < -0.3 is 11.1 Å². The highest BCUT2D eigenvalue weighted by Gasteiger charge is 2.46. The maximum atomic E-state index is 14.0. The number of hydrogen-bond donors (Lipinski definition) is 2. The van der Waals surface area contributed by atoms with Gasteiger partial charge in [-0.05, 0) is 67.8 Å². The van der Waals surface area contributed by atoms with Crippen LogP contribution >= 0.6 is 0 Å². The molecular formula is C19H24F6N2O. The van der Waals surface area contributed by atoms with Crippen LogP contribution in [0.15, 0.2) is 0 Å². The van der Waals surface area contributed by atoms with E-state index in [-0.39, 0.29) is 23.5 Å². The molecule has 0 aliphatic carbocycles. The van der Waals surface area contributed by atoms with Crippen molar-refractivity contribution in [2.24, 2.45) is 11.7 Å². The number of piperidine rings is 1. The molecule has 158 valence electrons. The lowest BCUT2D eigenvalue weighted by Crippen LogP contribution is -2.32. The van der Waals surface area contributed by atoms with Crippen molar-refractivity contribution in [3.05, 3.63) is 33.4 Å². The molecule has 0 unspecified atom stereocenters. The first kappa shape index (κ1) is 22.5. The van der Waals surface area contributed by atoms with E-state index in [9.17, 15) is 31.1 Å². The Morgan fingerprint density at radius 2 is 1.57 bits per heavy atom. The van der Waals surface area contributed by atoms with Gasteiger partial charge in [-0.25, -0.2) is 0 Å². The summed E-state index contributed by atoms with van der Waals surface area (Å²) in [6, 6.07) is 0. The van der Waals surface area contributed by atoms with E-state index in [0.717, 1.165) is 6.92 Å². The number of primary amides is 1. The molecule has 0 aromatic heterocycles. The summed E-state index contributed by atoms with van der Waals surface area (Å²) in [6.07, 6.45) is -9.52. The summed E-state index contributed by atoms with van der Waals surface area (Å²) in [6.45, 7) is 5.04. The molecule has 0 saturated carbocycles. The zero-order chi connectivity index (χ0) is 21.4. The van der Waals surface area contributed by atoms with Gasteiger partial charge in [0.2, 0.25) is 5.91 Å². The van der Waals surface area contributed by atoms with Crippen LogP contribution in [0, 0.1) is 12.8 Å². The van der Waals surface area contributed by atoms with Crippen LogP contribution in [-0.4, -0.2) is 19.0 Å². The Kier molecular flexibility index (Phi) is 6.37. The second-order valence-electron chi connectivity index (χ2n) is 7.62. The van der Waals surface area contributed by atoms with Gasteiger partial charge in [-0.1, -0.05) is 13.8 Å². The van der Waals surface area contributed by atoms with Crippen molar-refractivity contribution < 1.29 is 31.1 Å². The normalized spacial score (nSPS) is 16.6. The Balaban J connectivity index is 3.03. The summed E-state index contributed by atoms with van der Waals surface area (Å²) in [5, 5.41) is 3.04. The highest BCUT2D eigenvalue weighted by Crippen LogP contribution is 2.48. The molecule has 1 aliphatic rings. The summed E-state index contributed by atoms with van der Waals surface area (Å²) < 4.78 is 83.2. The third kappa shape index (κ3) is 4.45. The molecule has 0 bridgehead atoms. The fourth-order valence-corrected chi connectivity index (χ4v) is 4.12. The van der Waals surface area contributed by atoms with Crippen molar-refractivity contribution >= 4 is 5.91 Å². The van der Waals surface area contributed by atoms with Crippen LogP contribution in [0.2, 0.25) is 0 Å². The van der Waals surface area contributed by atoms with Crippen molar-refractivity contribution in [3.8, 4) is 0 Å². The zero-order valence-corrected chi connectivity index (χ0v) is 15.9. The Bertz CT molecular complexity index is 747. The number of rotatable bonds is 4. The van der Waals surface area contributed by atoms with Crippen LogP contribution in [-0.2, 0) is 18.8 Å². The summed E-state index contributed by atoms with van der Waals surface area (Å²) in [5.74, 6) is -2.20. The molecule has 3 nitrogen and oxygen atoms in total. The van der Waals surface area contributed by atoms with Crippen LogP contribution < -0.4 is 11.1 Å². The van der Waals surface area contributed by atoms with E-state index >= 15 is 0 Å². The lowest BCUT2D eigenvalue weighted by Gasteiger charge is -2.32. The number of alkyl halides is 6. The average molecular weight is 410 g/mol. The molecule has 0 radical (unpaired) electrons. The van der Waals surface area contributed by atoms with Crippen molar-refractivity contribution in [1.29, 1.82) is 0 Å². The highest BCUT2D eigenvalue weighted by molar-refractivity contribution is 5.97. The number of amides is 1. The lowest BCUT2D eigenvalue weighted by atomic mass is 9.76. The molecule has 1 saturated heterocycles. The Labute approximate surface area is 159 Å². The SMILES string of the molecule is Cc1c(C(F)(F)F)c(C(N)=O)c(CC(C)C)c(C2CCNCC2)c1C(F)(F)F. The van der Waals surface area contributed by atoms with Gasteiger partial charge in [-0.15, -0.1) is 0 Å². The highest BCUT2D eigenvalue weighted by atomic mass is 19.4. The number of halogens is 6. The summed E-state index contributed by atoms with van der Waals surface area (Å²) in [5.41, 5.74) is 0.244. The minimum atomic E-state index is -5.13. The van der Waals surface area contributed by atoms with Gasteiger partial charge in [0, 0.05) is 0 Å². The summed E-state index contributed by atoms with van der Waals surface area (Å²) in [4.78, 5) is 12.0. The minimum absolute atomic E-state index is 0.0933. The molecule has 1 aromatic carbocycles. The molecule has 1 amide bonds. The van der Waals surface area contributed by atoms with Crippen LogP contribution in [0.25, 0.3) is 0 Å². The average Bonchev–Trinajstić information content (AvgIpc) is 2.53. The van der Waals surface area contributed by atoms with Crippen molar-refractivity contribution in [1.82, 2.24) is 5.32 Å². The standard InChI is InChI=1S/C19H24F6N2O/c1-9(2)8-12-13(11-4-6-27-7-5-11)15(18(20,21)22)10(3)16(19(23,24)25)14(12)17(26)28/h9,11,27H,4-8H2,1-3H3,(H2,26,28). The molecule has 2 rings (SSSR count). The van der Waals surface area contributed by atoms with E-state index in [2.05, 4.69) is 5.32 Å². The Hall–Kier alpha value is -1.77. The molecule has 1 aliphatic heterocycles. The van der Waals surface area contributed by atoms with E-state index < -0.39 is 46.4 Å². The van der Waals surface area contributed by atoms with Gasteiger partial charge in [-0.2, -0.15) is 26.3 Å². The van der Waals surface area contributed by atoms with Gasteiger partial charge >= 0.3 is 12.4 Å². The van der Waals surface area contributed by atoms with E-state index in [1.54, 1.807) is 13.8 Å². The Morgan fingerprint density at radius 3 is 1.96 bits per heavy atom. The number of carbonyl (C=O) groups is 1. The molecule has 1 fully saturated rings. The fourth-order valence-electron chi connectivity index (χ4n) is 4.12. The van der Waals surface area contributed by atoms with E-state index in [1.807, 2.05) is 0 Å². The fraction of sp³-hybridized carbons (Fsp3) is 0.632. The number of nitrogens with two attached hydrogens (primary N) is 1. The van der Waals surface area contributed by atoms with Gasteiger partial charge in [0.05, 0.1) is 16.7 Å². The summed E-state index contributed by atoms with van der Waals surface area (Å²) in [7, 11) is 0. The topological polar surface area (TPSA) is 55.1 Å². The van der Waals surface area contributed by atoms with Crippen LogP contribution in [0.3, 0.4) is 0 Å². The first-order valence-corrected chi connectivity index (χ1v) is 9.11. The lowest BCUT2D eigenvalue weighted by molar-refractivity contribution is -0.144. The molecule has 1 heterocycles. The predicted octanol–water partition coefficient (Wildman–Crippen LogP) is 4.80. The van der Waals surface area contributed by atoms with Gasteiger partial charge in [0.25, 0.3) is 0 Å². The minimum Gasteiger partial charge on any atom is -0.366 e. The molecule has 0 atom stereocenters. The summed E-state index contributed by atoms with van der Waals surface area (Å²) >= 11 is 0. The molecule has 3 N–H and O–H groups in total. The Morgan fingerprint density at radius 1 is 1.07 bits per heavy atom. The quantitative estimate of drug-likeness (QED) is 0.701. The molecular weight excluding hydrogens is 386 g/mol. The van der Waals surface area contributed by atoms with Gasteiger partial charge in [0.1, 0.15) is 0 Å².